The standard InChI is InChI=1S/C20H16N2S10/c21-7-3-9-25-15-17(31-19(23)29-15)27-11-13-5-1-2-6-14(13)12-28-18-16(26-10-4-8-22)30-20(24)32-18/h1-2,5-6H,3-4,9-12H2. The molecular formula is C20H16N2S10. The van der Waals surface area contributed by atoms with E-state index in [4.69, 9.17) is 35.0 Å². The van der Waals surface area contributed by atoms with E-state index >= 15 is 0 Å². The molecule has 0 N–H and O–H groups in total. The summed E-state index contributed by atoms with van der Waals surface area (Å²) in [7, 11) is 0. The summed E-state index contributed by atoms with van der Waals surface area (Å²) in [6.07, 6.45) is 1.10. The number of hydrogen-bond acceptors (Lipinski definition) is 12. The molecule has 0 atom stereocenters. The minimum absolute atomic E-state index is 0.552. The lowest BCUT2D eigenvalue weighted by Gasteiger charge is -2.09. The van der Waals surface area contributed by atoms with E-state index in [1.165, 1.54) is 28.0 Å². The molecule has 3 rings (SSSR count). The fraction of sp³-hybridized carbons (Fsp3) is 0.300. The third-order valence-electron chi connectivity index (χ3n) is 3.77. The number of hydrogen-bond donors (Lipinski definition) is 0. The van der Waals surface area contributed by atoms with Crippen molar-refractivity contribution in [3.05, 3.63) is 41.7 Å². The quantitative estimate of drug-likeness (QED) is 0.115. The maximum Gasteiger partial charge on any atom is 0.145 e. The van der Waals surface area contributed by atoms with E-state index in [1.54, 1.807) is 68.9 Å². The van der Waals surface area contributed by atoms with Crippen molar-refractivity contribution < 1.29 is 0 Å². The van der Waals surface area contributed by atoms with E-state index in [2.05, 4.69) is 36.4 Å². The summed E-state index contributed by atoms with van der Waals surface area (Å²) in [4.78, 5) is 0. The van der Waals surface area contributed by atoms with Crippen LogP contribution in [-0.2, 0) is 11.5 Å². The Balaban J connectivity index is 1.65. The highest BCUT2D eigenvalue weighted by Crippen LogP contribution is 2.44. The van der Waals surface area contributed by atoms with Crippen LogP contribution in [0.4, 0.5) is 0 Å². The van der Waals surface area contributed by atoms with Crippen LogP contribution in [0.2, 0.25) is 0 Å². The third kappa shape index (κ3) is 8.42. The number of nitrogens with zero attached hydrogens (tertiary/aromatic N) is 2. The van der Waals surface area contributed by atoms with E-state index in [0.29, 0.717) is 12.8 Å². The van der Waals surface area contributed by atoms with Gasteiger partial charge < -0.3 is 0 Å². The Hall–Kier alpha value is 0.140. The lowest BCUT2D eigenvalue weighted by Crippen LogP contribution is -1.90. The van der Waals surface area contributed by atoms with E-state index in [1.807, 2.05) is 23.5 Å². The Kier molecular flexibility index (Phi) is 12.1. The smallest absolute Gasteiger partial charge is 0.145 e. The van der Waals surface area contributed by atoms with Gasteiger partial charge >= 0.3 is 0 Å². The Morgan fingerprint density at radius 2 is 1.03 bits per heavy atom. The molecule has 0 unspecified atom stereocenters. The predicted octanol–water partition coefficient (Wildman–Crippen LogP) is 9.99. The van der Waals surface area contributed by atoms with Crippen molar-refractivity contribution in [2.24, 2.45) is 0 Å². The van der Waals surface area contributed by atoms with Crippen molar-refractivity contribution >= 4 is 117 Å². The molecule has 0 radical (unpaired) electrons. The van der Waals surface area contributed by atoms with Crippen molar-refractivity contribution in [2.75, 3.05) is 11.5 Å². The molecule has 1 aromatic carbocycles. The molecule has 0 saturated heterocycles. The number of benzene rings is 1. The minimum Gasteiger partial charge on any atom is -0.198 e. The first-order valence-corrected chi connectivity index (χ1v) is 17.2. The number of nitriles is 2. The fourth-order valence-electron chi connectivity index (χ4n) is 2.37. The Bertz CT molecular complexity index is 1130. The summed E-state index contributed by atoms with van der Waals surface area (Å²) >= 11 is 24.6. The first kappa shape index (κ1) is 26.7. The van der Waals surface area contributed by atoms with Crippen LogP contribution in [0.5, 0.6) is 0 Å². The molecule has 12 heteroatoms. The average molecular weight is 605 g/mol. The third-order valence-corrected chi connectivity index (χ3v) is 15.0. The second-order valence-corrected chi connectivity index (χ2v) is 17.6. The van der Waals surface area contributed by atoms with Gasteiger partial charge in [0.15, 0.2) is 0 Å². The van der Waals surface area contributed by atoms with Crippen LogP contribution >= 0.6 is 117 Å². The molecule has 0 fully saturated rings. The molecular weight excluding hydrogens is 589 g/mol. The Morgan fingerprint density at radius 3 is 1.41 bits per heavy atom. The summed E-state index contributed by atoms with van der Waals surface area (Å²) in [5.74, 6) is 3.41. The van der Waals surface area contributed by atoms with Gasteiger partial charge in [-0.1, -0.05) is 48.7 Å². The van der Waals surface area contributed by atoms with Crippen molar-refractivity contribution in [1.29, 1.82) is 10.5 Å². The van der Waals surface area contributed by atoms with Gasteiger partial charge in [0, 0.05) is 35.9 Å². The second-order valence-electron chi connectivity index (χ2n) is 5.92. The molecule has 2 heterocycles. The topological polar surface area (TPSA) is 47.6 Å². The summed E-state index contributed by atoms with van der Waals surface area (Å²) < 4.78 is 6.88. The number of thioether (sulfide) groups is 4. The van der Waals surface area contributed by atoms with Crippen molar-refractivity contribution in [3.8, 4) is 12.1 Å². The van der Waals surface area contributed by atoms with Gasteiger partial charge in [0.1, 0.15) is 6.28 Å². The molecule has 0 bridgehead atoms. The lowest BCUT2D eigenvalue weighted by molar-refractivity contribution is 1.23. The van der Waals surface area contributed by atoms with Crippen LogP contribution in [0.25, 0.3) is 0 Å². The molecule has 2 aromatic heterocycles. The second kappa shape index (κ2) is 14.5. The summed E-state index contributed by atoms with van der Waals surface area (Å²) in [5.41, 5.74) is 2.67. The normalized spacial score (nSPS) is 10.7. The molecule has 0 aliphatic carbocycles. The van der Waals surface area contributed by atoms with Crippen LogP contribution < -0.4 is 0 Å². The zero-order valence-electron chi connectivity index (χ0n) is 16.5. The molecule has 0 aliphatic heterocycles. The monoisotopic (exact) mass is 604 g/mol. The average Bonchev–Trinajstić information content (AvgIpc) is 3.32. The first-order chi connectivity index (χ1) is 15.6. The maximum atomic E-state index is 8.80. The van der Waals surface area contributed by atoms with E-state index in [9.17, 15) is 0 Å². The summed E-state index contributed by atoms with van der Waals surface area (Å²) in [6.45, 7) is 0. The van der Waals surface area contributed by atoms with Gasteiger partial charge in [-0.25, -0.2) is 0 Å². The van der Waals surface area contributed by atoms with Crippen LogP contribution in [0.3, 0.4) is 0 Å². The minimum atomic E-state index is 0.552. The molecule has 0 aliphatic rings. The molecule has 0 amide bonds. The van der Waals surface area contributed by atoms with Crippen molar-refractivity contribution in [3.63, 3.8) is 0 Å². The van der Waals surface area contributed by atoms with Crippen LogP contribution in [-0.4, -0.2) is 11.5 Å². The molecule has 166 valence electrons. The van der Waals surface area contributed by atoms with Crippen LogP contribution in [0.1, 0.15) is 24.0 Å². The maximum absolute atomic E-state index is 8.80. The molecule has 0 spiro atoms. The van der Waals surface area contributed by atoms with E-state index in [-0.39, 0.29) is 0 Å². The Morgan fingerprint density at radius 1 is 0.656 bits per heavy atom. The van der Waals surface area contributed by atoms with Crippen LogP contribution in [0.15, 0.2) is 41.1 Å². The molecule has 3 aromatic rings. The highest BCUT2D eigenvalue weighted by molar-refractivity contribution is 8.05. The van der Waals surface area contributed by atoms with Gasteiger partial charge in [-0.15, -0.1) is 92.4 Å². The van der Waals surface area contributed by atoms with Crippen molar-refractivity contribution in [1.82, 2.24) is 0 Å². The fourth-order valence-corrected chi connectivity index (χ4v) is 14.5. The molecule has 0 saturated carbocycles. The van der Waals surface area contributed by atoms with Crippen molar-refractivity contribution in [2.45, 2.75) is 41.2 Å². The predicted molar refractivity (Wildman–Crippen MR) is 154 cm³/mol. The number of rotatable bonds is 12. The van der Waals surface area contributed by atoms with Gasteiger partial charge in [-0.2, -0.15) is 10.5 Å². The van der Waals surface area contributed by atoms with Crippen LogP contribution in [0, 0.1) is 28.9 Å². The van der Waals surface area contributed by atoms with Gasteiger partial charge in [-0.05, 0) is 11.1 Å². The van der Waals surface area contributed by atoms with E-state index in [0.717, 1.165) is 29.3 Å². The lowest BCUT2D eigenvalue weighted by atomic mass is 10.1. The largest absolute Gasteiger partial charge is 0.198 e. The van der Waals surface area contributed by atoms with Gasteiger partial charge in [0.05, 0.1) is 29.0 Å². The van der Waals surface area contributed by atoms with E-state index < -0.39 is 0 Å². The zero-order chi connectivity index (χ0) is 22.8. The molecule has 32 heavy (non-hydrogen) atoms. The summed E-state index contributed by atoms with van der Waals surface area (Å²) in [5, 5.41) is 17.6. The van der Waals surface area contributed by atoms with Gasteiger partial charge in [0.2, 0.25) is 0 Å². The highest BCUT2D eigenvalue weighted by atomic mass is 32.2. The highest BCUT2D eigenvalue weighted by Gasteiger charge is 2.13. The molecule has 2 nitrogen and oxygen atoms in total. The first-order valence-electron chi connectivity index (χ1n) is 9.20. The Labute approximate surface area is 231 Å². The SMILES string of the molecule is N#CCCSc1sc(=S)sc1SCc1ccccc1CSc1sc(=S)sc1SCCC#N. The summed E-state index contributed by atoms with van der Waals surface area (Å²) in [6, 6.07) is 13.0. The van der Waals surface area contributed by atoms with Gasteiger partial charge in [0.25, 0.3) is 0 Å². The zero-order valence-corrected chi connectivity index (χ0v) is 24.7. The van der Waals surface area contributed by atoms with Gasteiger partial charge in [-0.3, -0.25) is 0 Å².